The fourth-order valence-corrected chi connectivity index (χ4v) is 4.49. The van der Waals surface area contributed by atoms with Crippen LogP contribution in [0.25, 0.3) is 0 Å². The quantitative estimate of drug-likeness (QED) is 0.903. The van der Waals surface area contributed by atoms with Crippen LogP contribution in [0.3, 0.4) is 0 Å². The molecule has 1 saturated carbocycles. The van der Waals surface area contributed by atoms with E-state index in [1.165, 1.54) is 18.7 Å². The van der Waals surface area contributed by atoms with E-state index in [9.17, 15) is 5.11 Å². The highest BCUT2D eigenvalue weighted by Crippen LogP contribution is 2.40. The minimum atomic E-state index is 0.340. The van der Waals surface area contributed by atoms with Gasteiger partial charge in [0.1, 0.15) is 11.5 Å². The first-order valence-electron chi connectivity index (χ1n) is 9.25. The number of aromatic hydroxyl groups is 1. The molecule has 1 aromatic heterocycles. The van der Waals surface area contributed by atoms with Crippen LogP contribution in [0.2, 0.25) is 0 Å². The van der Waals surface area contributed by atoms with Gasteiger partial charge in [-0.05, 0) is 60.4 Å². The molecule has 2 fully saturated rings. The number of rotatable bonds is 5. The van der Waals surface area contributed by atoms with E-state index in [-0.39, 0.29) is 0 Å². The third-order valence-corrected chi connectivity index (χ3v) is 5.73. The van der Waals surface area contributed by atoms with E-state index in [2.05, 4.69) is 16.8 Å². The number of pyridine rings is 1. The van der Waals surface area contributed by atoms with Crippen LogP contribution in [0.4, 0.5) is 0 Å². The van der Waals surface area contributed by atoms with Crippen molar-refractivity contribution in [1.82, 2.24) is 9.88 Å². The van der Waals surface area contributed by atoms with E-state index < -0.39 is 0 Å². The molecule has 2 aromatic rings. The van der Waals surface area contributed by atoms with Crippen molar-refractivity contribution in [3.8, 4) is 11.5 Å². The van der Waals surface area contributed by atoms with E-state index >= 15 is 0 Å². The van der Waals surface area contributed by atoms with Gasteiger partial charge in [0.25, 0.3) is 0 Å². The van der Waals surface area contributed by atoms with Crippen LogP contribution < -0.4 is 4.74 Å². The molecule has 1 N–H and O–H groups in total. The van der Waals surface area contributed by atoms with E-state index in [4.69, 9.17) is 4.74 Å². The first-order chi connectivity index (χ1) is 12.2. The highest BCUT2D eigenvalue weighted by Gasteiger charge is 2.41. The maximum absolute atomic E-state index is 9.44. The molecule has 4 atom stereocenters. The molecule has 1 unspecified atom stereocenters. The normalized spacial score (nSPS) is 27.2. The predicted molar refractivity (Wildman–Crippen MR) is 97.8 cm³/mol. The molecule has 0 bridgehead atoms. The predicted octanol–water partition coefficient (Wildman–Crippen LogP) is 3.68. The highest BCUT2D eigenvalue weighted by atomic mass is 16.5. The Labute approximate surface area is 149 Å². The Bertz CT molecular complexity index is 675. The molecule has 4 rings (SSSR count). The van der Waals surface area contributed by atoms with Crippen LogP contribution in [-0.4, -0.2) is 40.7 Å². The summed E-state index contributed by atoms with van der Waals surface area (Å²) in [6, 6.07) is 11.5. The number of aromatic nitrogens is 1. The fraction of sp³-hybridized carbons (Fsp3) is 0.476. The summed E-state index contributed by atoms with van der Waals surface area (Å²) in [6.45, 7) is 5.73. The number of hydrogen-bond donors (Lipinski definition) is 1. The summed E-state index contributed by atoms with van der Waals surface area (Å²) in [6.07, 6.45) is 6.26. The van der Waals surface area contributed by atoms with Crippen molar-refractivity contribution < 1.29 is 9.84 Å². The Morgan fingerprint density at radius 2 is 1.72 bits per heavy atom. The number of benzene rings is 1. The lowest BCUT2D eigenvalue weighted by Gasteiger charge is -2.23. The molecule has 25 heavy (non-hydrogen) atoms. The van der Waals surface area contributed by atoms with Gasteiger partial charge in [0, 0.05) is 32.0 Å². The van der Waals surface area contributed by atoms with Gasteiger partial charge in [-0.25, -0.2) is 0 Å². The van der Waals surface area contributed by atoms with Gasteiger partial charge in [-0.15, -0.1) is 0 Å². The summed E-state index contributed by atoms with van der Waals surface area (Å²) in [5.41, 5.74) is 1.30. The summed E-state index contributed by atoms with van der Waals surface area (Å²) in [7, 11) is 0. The van der Waals surface area contributed by atoms with E-state index in [1.54, 1.807) is 24.5 Å². The van der Waals surface area contributed by atoms with Gasteiger partial charge in [-0.3, -0.25) is 4.98 Å². The number of phenols is 1. The number of phenolic OH excluding ortho intramolecular Hbond substituents is 1. The van der Waals surface area contributed by atoms with Gasteiger partial charge in [0.2, 0.25) is 0 Å². The van der Waals surface area contributed by atoms with Crippen LogP contribution >= 0.6 is 0 Å². The molecule has 0 amide bonds. The molecule has 4 nitrogen and oxygen atoms in total. The second kappa shape index (κ2) is 7.04. The maximum atomic E-state index is 9.44. The van der Waals surface area contributed by atoms with Crippen molar-refractivity contribution in [2.24, 2.45) is 11.8 Å². The smallest absolute Gasteiger partial charge is 0.122 e. The van der Waals surface area contributed by atoms with Crippen molar-refractivity contribution in [3.63, 3.8) is 0 Å². The zero-order valence-electron chi connectivity index (χ0n) is 14.7. The first-order valence-corrected chi connectivity index (χ1v) is 9.25. The molecule has 132 valence electrons. The Balaban J connectivity index is 1.28. The number of fused-ring (bicyclic) bond motifs is 1. The monoisotopic (exact) mass is 338 g/mol. The van der Waals surface area contributed by atoms with E-state index in [0.29, 0.717) is 17.8 Å². The third kappa shape index (κ3) is 3.79. The average molecular weight is 338 g/mol. The molecule has 4 heteroatoms. The van der Waals surface area contributed by atoms with E-state index in [0.717, 1.165) is 37.0 Å². The zero-order chi connectivity index (χ0) is 17.2. The molecular weight excluding hydrogens is 312 g/mol. The van der Waals surface area contributed by atoms with Gasteiger partial charge in [-0.2, -0.15) is 0 Å². The number of ether oxygens (including phenoxy) is 1. The van der Waals surface area contributed by atoms with E-state index in [1.807, 2.05) is 24.3 Å². The molecule has 1 aliphatic heterocycles. The Hall–Kier alpha value is -2.07. The summed E-state index contributed by atoms with van der Waals surface area (Å²) in [5, 5.41) is 9.44. The number of hydrogen-bond acceptors (Lipinski definition) is 4. The van der Waals surface area contributed by atoms with Crippen LogP contribution in [0.5, 0.6) is 11.5 Å². The van der Waals surface area contributed by atoms with Crippen molar-refractivity contribution in [3.05, 3.63) is 54.4 Å². The molecule has 2 aliphatic rings. The zero-order valence-corrected chi connectivity index (χ0v) is 14.7. The molecule has 1 aromatic carbocycles. The van der Waals surface area contributed by atoms with Crippen LogP contribution in [-0.2, 0) is 0 Å². The van der Waals surface area contributed by atoms with Gasteiger partial charge in [0.05, 0.1) is 6.10 Å². The van der Waals surface area contributed by atoms with Gasteiger partial charge < -0.3 is 14.7 Å². The summed E-state index contributed by atoms with van der Waals surface area (Å²) in [4.78, 5) is 6.65. The van der Waals surface area contributed by atoms with Crippen molar-refractivity contribution in [2.75, 3.05) is 19.6 Å². The summed E-state index contributed by atoms with van der Waals surface area (Å²) >= 11 is 0. The molecule has 2 heterocycles. The summed E-state index contributed by atoms with van der Waals surface area (Å²) < 4.78 is 6.13. The minimum absolute atomic E-state index is 0.340. The standard InChI is InChI=1S/C21H26N2O2/c1-15(16-2-4-19(24)5-3-16)12-23-13-17-10-21(11-18(17)14-23)25-20-6-8-22-9-7-20/h2-9,15,17-18,21,24H,10-14H2,1H3/t15?,17-,18+,21+. The van der Waals surface area contributed by atoms with Gasteiger partial charge in [0.15, 0.2) is 0 Å². The van der Waals surface area contributed by atoms with Crippen LogP contribution in [0.15, 0.2) is 48.8 Å². The van der Waals surface area contributed by atoms with Crippen molar-refractivity contribution in [1.29, 1.82) is 0 Å². The number of likely N-dealkylation sites (tertiary alicyclic amines) is 1. The minimum Gasteiger partial charge on any atom is -0.508 e. The van der Waals surface area contributed by atoms with Crippen molar-refractivity contribution in [2.45, 2.75) is 31.8 Å². The lowest BCUT2D eigenvalue weighted by molar-refractivity contribution is 0.184. The van der Waals surface area contributed by atoms with Crippen LogP contribution in [0, 0.1) is 11.8 Å². The largest absolute Gasteiger partial charge is 0.508 e. The average Bonchev–Trinajstić information content (AvgIpc) is 3.14. The topological polar surface area (TPSA) is 45.6 Å². The molecule has 0 radical (unpaired) electrons. The third-order valence-electron chi connectivity index (χ3n) is 5.73. The second-order valence-electron chi connectivity index (χ2n) is 7.63. The maximum Gasteiger partial charge on any atom is 0.122 e. The molecule has 1 aliphatic carbocycles. The van der Waals surface area contributed by atoms with Gasteiger partial charge in [-0.1, -0.05) is 19.1 Å². The van der Waals surface area contributed by atoms with Crippen LogP contribution in [0.1, 0.15) is 31.2 Å². The first kappa shape index (κ1) is 16.4. The Kier molecular flexibility index (Phi) is 4.62. The fourth-order valence-electron chi connectivity index (χ4n) is 4.49. The Morgan fingerprint density at radius 3 is 2.36 bits per heavy atom. The molecule has 0 spiro atoms. The van der Waals surface area contributed by atoms with Gasteiger partial charge >= 0.3 is 0 Å². The van der Waals surface area contributed by atoms with Crippen molar-refractivity contribution >= 4 is 0 Å². The Morgan fingerprint density at radius 1 is 1.08 bits per heavy atom. The second-order valence-corrected chi connectivity index (χ2v) is 7.63. The lowest BCUT2D eigenvalue weighted by atomic mass is 10.0. The lowest BCUT2D eigenvalue weighted by Crippen LogP contribution is -2.28. The number of nitrogens with zero attached hydrogens (tertiary/aromatic N) is 2. The molecular formula is C21H26N2O2. The molecule has 1 saturated heterocycles. The SMILES string of the molecule is CC(CN1C[C@H]2C[C@H](Oc3ccncc3)C[C@H]2C1)c1ccc(O)cc1. The summed E-state index contributed by atoms with van der Waals surface area (Å²) in [5.74, 6) is 3.30. The highest BCUT2D eigenvalue weighted by molar-refractivity contribution is 5.28.